The second-order valence-electron chi connectivity index (χ2n) is 10.2. The van der Waals surface area contributed by atoms with E-state index in [0.29, 0.717) is 28.0 Å². The fourth-order valence-corrected chi connectivity index (χ4v) is 4.55. The van der Waals surface area contributed by atoms with Crippen molar-refractivity contribution in [3.8, 4) is 11.3 Å². The van der Waals surface area contributed by atoms with Gasteiger partial charge < -0.3 is 5.32 Å². The Balaban J connectivity index is 1.46. The molecule has 7 nitrogen and oxygen atoms in total. The topological polar surface area (TPSA) is 77.1 Å². The van der Waals surface area contributed by atoms with Crippen molar-refractivity contribution in [2.45, 2.75) is 53.3 Å². The number of carbonyl (C=O) groups excluding carboxylic acids is 1. The summed E-state index contributed by atoms with van der Waals surface area (Å²) in [5.74, 6) is -0.365. The Morgan fingerprint density at radius 3 is 2.25 bits per heavy atom. The van der Waals surface area contributed by atoms with E-state index in [-0.39, 0.29) is 23.0 Å². The molecule has 0 bridgehead atoms. The Labute approximate surface area is 229 Å². The maximum absolute atomic E-state index is 14.1. The molecule has 0 saturated carbocycles. The predicted octanol–water partition coefficient (Wildman–Crippen LogP) is 6.96. The number of anilines is 1. The first-order valence-corrected chi connectivity index (χ1v) is 12.9. The van der Waals surface area contributed by atoms with E-state index in [1.807, 2.05) is 64.1 Å². The molecule has 0 saturated heterocycles. The summed E-state index contributed by atoms with van der Waals surface area (Å²) >= 11 is 0. The molecule has 0 aliphatic carbocycles. The van der Waals surface area contributed by atoms with Gasteiger partial charge in [-0.15, -0.1) is 0 Å². The molecule has 0 spiro atoms. The monoisotopic (exact) mass is 546 g/mol. The lowest BCUT2D eigenvalue weighted by Gasteiger charge is -2.12. The van der Waals surface area contributed by atoms with Gasteiger partial charge in [0.2, 0.25) is 0 Å². The van der Waals surface area contributed by atoms with Crippen LogP contribution in [0.1, 0.15) is 64.0 Å². The SMILES string of the molecule is Cc1ccc(Cn2nc(C)c(NC(=O)c3cc4nc(-c5ccc(C(C)C)cc5)cc(C(F)(F)F)n4n3)c2C)cc1. The van der Waals surface area contributed by atoms with Crippen LogP contribution in [0.2, 0.25) is 0 Å². The van der Waals surface area contributed by atoms with Gasteiger partial charge in [0, 0.05) is 11.6 Å². The zero-order chi connectivity index (χ0) is 28.8. The highest BCUT2D eigenvalue weighted by atomic mass is 19.4. The smallest absolute Gasteiger partial charge is 0.317 e. The maximum atomic E-state index is 14.1. The lowest BCUT2D eigenvalue weighted by molar-refractivity contribution is -0.142. The zero-order valence-electron chi connectivity index (χ0n) is 22.8. The molecular formula is C30H29F3N6O. The molecule has 3 aromatic heterocycles. The summed E-state index contributed by atoms with van der Waals surface area (Å²) in [5.41, 5.74) is 4.47. The average molecular weight is 547 g/mol. The van der Waals surface area contributed by atoms with E-state index in [0.717, 1.165) is 28.5 Å². The summed E-state index contributed by atoms with van der Waals surface area (Å²) in [6.07, 6.45) is -4.71. The number of hydrogen-bond acceptors (Lipinski definition) is 4. The largest absolute Gasteiger partial charge is 0.433 e. The first kappa shape index (κ1) is 27.1. The van der Waals surface area contributed by atoms with Crippen LogP contribution in [-0.4, -0.2) is 30.3 Å². The second kappa shape index (κ2) is 10.3. The van der Waals surface area contributed by atoms with E-state index in [4.69, 9.17) is 0 Å². The van der Waals surface area contributed by atoms with E-state index in [2.05, 4.69) is 20.5 Å². The Hall–Kier alpha value is -4.47. The van der Waals surface area contributed by atoms with Crippen molar-refractivity contribution >= 4 is 17.2 Å². The van der Waals surface area contributed by atoms with Crippen LogP contribution >= 0.6 is 0 Å². The molecule has 40 heavy (non-hydrogen) atoms. The minimum atomic E-state index is -4.71. The summed E-state index contributed by atoms with van der Waals surface area (Å²) in [6, 6.07) is 17.5. The van der Waals surface area contributed by atoms with Crippen LogP contribution in [0.15, 0.2) is 60.7 Å². The van der Waals surface area contributed by atoms with Gasteiger partial charge in [0.1, 0.15) is 0 Å². The molecular weight excluding hydrogens is 517 g/mol. The lowest BCUT2D eigenvalue weighted by atomic mass is 10.0. The van der Waals surface area contributed by atoms with Gasteiger partial charge in [-0.1, -0.05) is 67.9 Å². The fourth-order valence-electron chi connectivity index (χ4n) is 4.55. The molecule has 0 atom stereocenters. The number of carbonyl (C=O) groups is 1. The number of fused-ring (bicyclic) bond motifs is 1. The van der Waals surface area contributed by atoms with Crippen LogP contribution in [-0.2, 0) is 12.7 Å². The molecule has 0 fully saturated rings. The van der Waals surface area contributed by atoms with Gasteiger partial charge in [-0.25, -0.2) is 9.50 Å². The van der Waals surface area contributed by atoms with Crippen molar-refractivity contribution in [1.82, 2.24) is 24.4 Å². The maximum Gasteiger partial charge on any atom is 0.433 e. The van der Waals surface area contributed by atoms with Crippen LogP contribution in [0.4, 0.5) is 18.9 Å². The molecule has 1 N–H and O–H groups in total. The number of nitrogens with one attached hydrogen (secondary N) is 1. The van der Waals surface area contributed by atoms with Crippen molar-refractivity contribution < 1.29 is 18.0 Å². The average Bonchev–Trinajstić information content (AvgIpc) is 3.45. The van der Waals surface area contributed by atoms with E-state index in [9.17, 15) is 18.0 Å². The number of alkyl halides is 3. The summed E-state index contributed by atoms with van der Waals surface area (Å²) < 4.78 is 44.6. The molecule has 1 amide bonds. The Kier molecular flexibility index (Phi) is 6.95. The van der Waals surface area contributed by atoms with Crippen molar-refractivity contribution in [3.63, 3.8) is 0 Å². The molecule has 0 unspecified atom stereocenters. The third kappa shape index (κ3) is 5.34. The highest BCUT2D eigenvalue weighted by Crippen LogP contribution is 2.33. The predicted molar refractivity (Wildman–Crippen MR) is 147 cm³/mol. The third-order valence-corrected chi connectivity index (χ3v) is 6.90. The third-order valence-electron chi connectivity index (χ3n) is 6.90. The molecule has 2 aromatic carbocycles. The van der Waals surface area contributed by atoms with Crippen LogP contribution in [0, 0.1) is 20.8 Å². The van der Waals surface area contributed by atoms with Crippen molar-refractivity contribution in [2.24, 2.45) is 0 Å². The summed E-state index contributed by atoms with van der Waals surface area (Å²) in [7, 11) is 0. The van der Waals surface area contributed by atoms with Gasteiger partial charge in [-0.2, -0.15) is 23.4 Å². The molecule has 0 radical (unpaired) electrons. The molecule has 0 aliphatic rings. The molecule has 0 aliphatic heterocycles. The number of nitrogens with zero attached hydrogens (tertiary/aromatic N) is 5. The van der Waals surface area contributed by atoms with Crippen LogP contribution in [0.3, 0.4) is 0 Å². The second-order valence-corrected chi connectivity index (χ2v) is 10.2. The minimum Gasteiger partial charge on any atom is -0.317 e. The molecule has 206 valence electrons. The first-order chi connectivity index (χ1) is 18.9. The van der Waals surface area contributed by atoms with E-state index >= 15 is 0 Å². The highest BCUT2D eigenvalue weighted by Gasteiger charge is 2.36. The number of aromatic nitrogens is 5. The summed E-state index contributed by atoms with van der Waals surface area (Å²) in [5, 5.41) is 11.3. The number of amides is 1. The lowest BCUT2D eigenvalue weighted by Crippen LogP contribution is -2.16. The Bertz CT molecular complexity index is 1700. The van der Waals surface area contributed by atoms with Gasteiger partial charge in [0.05, 0.1) is 29.3 Å². The van der Waals surface area contributed by atoms with Crippen LogP contribution < -0.4 is 5.32 Å². The van der Waals surface area contributed by atoms with Crippen LogP contribution in [0.25, 0.3) is 16.9 Å². The quantitative estimate of drug-likeness (QED) is 0.250. The van der Waals surface area contributed by atoms with Crippen LogP contribution in [0.5, 0.6) is 0 Å². The fraction of sp³-hybridized carbons (Fsp3) is 0.267. The number of halogens is 3. The summed E-state index contributed by atoms with van der Waals surface area (Å²) in [6.45, 7) is 10.2. The van der Waals surface area contributed by atoms with E-state index < -0.39 is 17.8 Å². The first-order valence-electron chi connectivity index (χ1n) is 12.9. The Morgan fingerprint density at radius 1 is 0.950 bits per heavy atom. The highest BCUT2D eigenvalue weighted by molar-refractivity contribution is 6.04. The normalized spacial score (nSPS) is 11.9. The van der Waals surface area contributed by atoms with Gasteiger partial charge in [-0.05, 0) is 43.9 Å². The molecule has 3 heterocycles. The van der Waals surface area contributed by atoms with E-state index in [1.54, 1.807) is 23.7 Å². The Morgan fingerprint density at radius 2 is 1.62 bits per heavy atom. The van der Waals surface area contributed by atoms with Gasteiger partial charge in [0.25, 0.3) is 5.91 Å². The van der Waals surface area contributed by atoms with Gasteiger partial charge in [0.15, 0.2) is 17.0 Å². The van der Waals surface area contributed by atoms with Crippen molar-refractivity contribution in [2.75, 3.05) is 5.32 Å². The number of rotatable bonds is 6. The van der Waals surface area contributed by atoms with Gasteiger partial charge >= 0.3 is 6.18 Å². The standard InChI is InChI=1S/C30H29F3N6O/c1-17(2)22-10-12-23(13-11-22)24-14-26(30(31,32)33)39-27(34-24)15-25(37-39)29(40)35-28-19(4)36-38(20(28)5)16-21-8-6-18(3)7-9-21/h6-15,17H,16H2,1-5H3,(H,35,40). The number of benzene rings is 2. The minimum absolute atomic E-state index is 0.0774. The number of aryl methyl sites for hydroxylation is 2. The van der Waals surface area contributed by atoms with Crippen molar-refractivity contribution in [1.29, 1.82) is 0 Å². The molecule has 5 rings (SSSR count). The molecule has 5 aromatic rings. The zero-order valence-corrected chi connectivity index (χ0v) is 22.8. The van der Waals surface area contributed by atoms with Crippen molar-refractivity contribution in [3.05, 3.63) is 100 Å². The molecule has 10 heteroatoms. The van der Waals surface area contributed by atoms with E-state index in [1.165, 1.54) is 6.07 Å². The number of hydrogen-bond donors (Lipinski definition) is 1. The van der Waals surface area contributed by atoms with Gasteiger partial charge in [-0.3, -0.25) is 9.48 Å². The summed E-state index contributed by atoms with van der Waals surface area (Å²) in [4.78, 5) is 17.6.